The van der Waals surface area contributed by atoms with Crippen molar-refractivity contribution in [1.82, 2.24) is 20.1 Å². The number of aromatic amines is 1. The lowest BCUT2D eigenvalue weighted by molar-refractivity contribution is -0.138. The number of aromatic nitrogens is 3. The van der Waals surface area contributed by atoms with E-state index >= 15 is 0 Å². The number of likely N-dealkylation sites (tertiary alicyclic amines) is 1. The van der Waals surface area contributed by atoms with E-state index in [1.54, 1.807) is 19.1 Å². The number of carbonyl (C=O) groups excluding carboxylic acids is 1. The van der Waals surface area contributed by atoms with Gasteiger partial charge in [-0.05, 0) is 61.7 Å². The highest BCUT2D eigenvalue weighted by Gasteiger charge is 2.27. The van der Waals surface area contributed by atoms with Gasteiger partial charge in [0.25, 0.3) is 15.9 Å². The van der Waals surface area contributed by atoms with Crippen LogP contribution in [0.25, 0.3) is 11.3 Å². The van der Waals surface area contributed by atoms with Crippen LogP contribution in [0, 0.1) is 5.82 Å². The number of nitrogens with zero attached hydrogens (tertiary/aromatic N) is 3. The number of anilines is 3. The zero-order chi connectivity index (χ0) is 35.3. The van der Waals surface area contributed by atoms with Gasteiger partial charge >= 0.3 is 11.7 Å². The van der Waals surface area contributed by atoms with Crippen molar-refractivity contribution in [2.45, 2.75) is 37.7 Å². The van der Waals surface area contributed by atoms with Gasteiger partial charge in [-0.3, -0.25) is 24.3 Å². The first kappa shape index (κ1) is 35.0. The number of carboxylic acid groups (broad SMARTS) is 1. The van der Waals surface area contributed by atoms with Crippen LogP contribution in [0.5, 0.6) is 11.5 Å². The van der Waals surface area contributed by atoms with E-state index in [0.717, 1.165) is 0 Å². The van der Waals surface area contributed by atoms with Crippen LogP contribution in [0.15, 0.2) is 60.8 Å². The molecule has 49 heavy (non-hydrogen) atoms. The molecule has 1 amide bonds. The van der Waals surface area contributed by atoms with E-state index < -0.39 is 39.6 Å². The summed E-state index contributed by atoms with van der Waals surface area (Å²) in [5, 5.41) is 18.8. The zero-order valence-corrected chi connectivity index (χ0v) is 26.7. The average molecular weight is 704 g/mol. The molecule has 4 aromatic rings. The maximum Gasteiger partial charge on any atom is 0.355 e. The SMILES string of the molecule is C[C@H](Oc1cc(-c2[nH]nc(Nc3ccc(OC4CCN(CC(=O)O)CC4)cn3)c2C(N)=O)ccc1NS(=O)(=O)C(F)F)c1ccc(F)cc1. The molecule has 1 atom stereocenters. The first-order chi connectivity index (χ1) is 23.3. The molecule has 5 rings (SSSR count). The van der Waals surface area contributed by atoms with E-state index in [0.29, 0.717) is 37.2 Å². The van der Waals surface area contributed by atoms with Crippen LogP contribution in [0.1, 0.15) is 41.8 Å². The van der Waals surface area contributed by atoms with Gasteiger partial charge in [-0.15, -0.1) is 0 Å². The Bertz CT molecular complexity index is 1900. The molecule has 0 unspecified atom stereocenters. The lowest BCUT2D eigenvalue weighted by Gasteiger charge is -2.30. The number of sulfonamides is 1. The molecule has 0 bridgehead atoms. The summed E-state index contributed by atoms with van der Waals surface area (Å²) in [5.74, 6) is -5.36. The molecule has 0 radical (unpaired) electrons. The summed E-state index contributed by atoms with van der Waals surface area (Å²) >= 11 is 0. The number of ether oxygens (including phenoxy) is 2. The van der Waals surface area contributed by atoms with Crippen LogP contribution < -0.4 is 25.2 Å². The number of carbonyl (C=O) groups is 2. The number of carboxylic acids is 1. The highest BCUT2D eigenvalue weighted by Crippen LogP contribution is 2.37. The van der Waals surface area contributed by atoms with Gasteiger partial charge < -0.3 is 25.6 Å². The number of primary amides is 1. The van der Waals surface area contributed by atoms with Gasteiger partial charge in [0.05, 0.1) is 24.1 Å². The smallest absolute Gasteiger partial charge is 0.355 e. The Morgan fingerprint density at radius 2 is 1.84 bits per heavy atom. The monoisotopic (exact) mass is 703 g/mol. The fourth-order valence-corrected chi connectivity index (χ4v) is 5.71. The minimum absolute atomic E-state index is 0.0131. The number of nitrogens with two attached hydrogens (primary N) is 1. The third kappa shape index (κ3) is 8.76. The van der Waals surface area contributed by atoms with Gasteiger partial charge in [-0.1, -0.05) is 18.2 Å². The Hall–Kier alpha value is -5.36. The normalized spacial score (nSPS) is 14.7. The first-order valence-electron chi connectivity index (χ1n) is 14.9. The maximum absolute atomic E-state index is 13.5. The van der Waals surface area contributed by atoms with Crippen LogP contribution in [-0.4, -0.2) is 77.0 Å². The van der Waals surface area contributed by atoms with Crippen molar-refractivity contribution in [3.63, 3.8) is 0 Å². The quantitative estimate of drug-likeness (QED) is 0.124. The number of H-pyrrole nitrogens is 1. The molecule has 1 fully saturated rings. The Kier molecular flexibility index (Phi) is 10.6. The second-order valence-electron chi connectivity index (χ2n) is 11.1. The molecule has 1 aliphatic heterocycles. The molecule has 0 spiro atoms. The van der Waals surface area contributed by atoms with E-state index in [2.05, 4.69) is 20.5 Å². The molecule has 3 heterocycles. The van der Waals surface area contributed by atoms with Crippen molar-refractivity contribution in [3.8, 4) is 22.8 Å². The Morgan fingerprint density at radius 3 is 2.45 bits per heavy atom. The van der Waals surface area contributed by atoms with Crippen LogP contribution >= 0.6 is 0 Å². The van der Waals surface area contributed by atoms with Crippen molar-refractivity contribution < 1.29 is 45.8 Å². The van der Waals surface area contributed by atoms with Gasteiger partial charge in [0.1, 0.15) is 40.9 Å². The first-order valence-corrected chi connectivity index (χ1v) is 16.4. The van der Waals surface area contributed by atoms with Crippen molar-refractivity contribution >= 4 is 39.2 Å². The van der Waals surface area contributed by atoms with Crippen molar-refractivity contribution in [2.75, 3.05) is 29.7 Å². The maximum atomic E-state index is 13.5. The van der Waals surface area contributed by atoms with Crippen LogP contribution in [-0.2, 0) is 14.8 Å². The summed E-state index contributed by atoms with van der Waals surface area (Å²) in [5.41, 5.74) is 6.16. The lowest BCUT2D eigenvalue weighted by atomic mass is 10.1. The van der Waals surface area contributed by atoms with E-state index in [-0.39, 0.29) is 52.5 Å². The van der Waals surface area contributed by atoms with Crippen LogP contribution in [0.2, 0.25) is 0 Å². The third-order valence-electron chi connectivity index (χ3n) is 7.59. The zero-order valence-electron chi connectivity index (χ0n) is 25.9. The van der Waals surface area contributed by atoms with Crippen molar-refractivity contribution in [1.29, 1.82) is 0 Å². The summed E-state index contributed by atoms with van der Waals surface area (Å²) in [6, 6.07) is 12.4. The summed E-state index contributed by atoms with van der Waals surface area (Å²) in [6.07, 6.45) is 1.90. The molecule has 14 nitrogen and oxygen atoms in total. The molecule has 2 aromatic heterocycles. The minimum atomic E-state index is -5.08. The fraction of sp³-hybridized carbons (Fsp3) is 0.290. The number of rotatable bonds is 14. The minimum Gasteiger partial charge on any atom is -0.489 e. The molecule has 260 valence electrons. The number of benzene rings is 2. The van der Waals surface area contributed by atoms with E-state index in [1.807, 2.05) is 9.62 Å². The Balaban J connectivity index is 1.36. The topological polar surface area (TPSA) is 202 Å². The molecule has 2 aromatic carbocycles. The largest absolute Gasteiger partial charge is 0.489 e. The standard InChI is InChI=1S/C31H32F3N7O7S/c1-17(18-2-5-20(32)6-3-18)47-24-14-19(4-8-23(24)40-49(45,46)31(33)34)28-27(29(35)44)30(39-38-28)37-25-9-7-22(15-36-25)48-21-10-12-41(13-11-21)16-26(42)43/h2-9,14-15,17,21,31,40H,10-13,16H2,1H3,(H2,35,44)(H,42,43)(H2,36,37,38,39)/t17-/m0/s1. The fourth-order valence-electron chi connectivity index (χ4n) is 5.15. The number of pyridine rings is 1. The Labute approximate surface area is 278 Å². The van der Waals surface area contributed by atoms with Gasteiger partial charge in [0.2, 0.25) is 0 Å². The summed E-state index contributed by atoms with van der Waals surface area (Å²) in [7, 11) is -5.08. The van der Waals surface area contributed by atoms with Gasteiger partial charge in [-0.2, -0.15) is 13.9 Å². The number of halogens is 3. The van der Waals surface area contributed by atoms with Crippen LogP contribution in [0.4, 0.5) is 30.5 Å². The number of hydrogen-bond donors (Lipinski definition) is 5. The highest BCUT2D eigenvalue weighted by molar-refractivity contribution is 7.93. The van der Waals surface area contributed by atoms with E-state index in [9.17, 15) is 31.2 Å². The summed E-state index contributed by atoms with van der Waals surface area (Å²) < 4.78 is 77.6. The van der Waals surface area contributed by atoms with Gasteiger partial charge in [-0.25, -0.2) is 17.8 Å². The molecule has 6 N–H and O–H groups in total. The predicted octanol–water partition coefficient (Wildman–Crippen LogP) is 4.49. The lowest BCUT2D eigenvalue weighted by Crippen LogP contribution is -2.40. The molecule has 1 aliphatic rings. The van der Waals surface area contributed by atoms with Gasteiger partial charge in [0, 0.05) is 18.7 Å². The average Bonchev–Trinajstić information content (AvgIpc) is 3.47. The molecular formula is C31H32F3N7O7S. The predicted molar refractivity (Wildman–Crippen MR) is 172 cm³/mol. The molecule has 1 saturated heterocycles. The van der Waals surface area contributed by atoms with E-state index in [4.69, 9.17) is 20.3 Å². The molecular weight excluding hydrogens is 671 g/mol. The van der Waals surface area contributed by atoms with Crippen molar-refractivity contribution in [3.05, 3.63) is 77.7 Å². The van der Waals surface area contributed by atoms with Gasteiger partial charge in [0.15, 0.2) is 5.82 Å². The number of aliphatic carboxylic acids is 1. The number of alkyl halides is 2. The summed E-state index contributed by atoms with van der Waals surface area (Å²) in [4.78, 5) is 29.7. The summed E-state index contributed by atoms with van der Waals surface area (Å²) in [6.45, 7) is 2.76. The number of hydrogen-bond acceptors (Lipinski definition) is 10. The molecule has 0 aliphatic carbocycles. The number of amides is 1. The number of nitrogens with one attached hydrogen (secondary N) is 3. The molecule has 18 heteroatoms. The second kappa shape index (κ2) is 14.8. The van der Waals surface area contributed by atoms with Crippen LogP contribution in [0.3, 0.4) is 0 Å². The Morgan fingerprint density at radius 1 is 1.12 bits per heavy atom. The number of piperidine rings is 1. The van der Waals surface area contributed by atoms with Crippen molar-refractivity contribution in [2.24, 2.45) is 5.73 Å². The third-order valence-corrected chi connectivity index (χ3v) is 8.57. The van der Waals surface area contributed by atoms with E-state index in [1.165, 1.54) is 48.7 Å². The molecule has 0 saturated carbocycles. The second-order valence-corrected chi connectivity index (χ2v) is 12.8. The highest BCUT2D eigenvalue weighted by atomic mass is 32.2.